The normalized spacial score (nSPS) is 11.8. The van der Waals surface area contributed by atoms with Gasteiger partial charge in [-0.15, -0.1) is 11.6 Å². The van der Waals surface area contributed by atoms with Gasteiger partial charge in [-0.1, -0.05) is 30.3 Å². The molecule has 0 N–H and O–H groups in total. The van der Waals surface area contributed by atoms with Crippen LogP contribution in [0.4, 0.5) is 5.69 Å². The molecule has 20 heavy (non-hydrogen) atoms. The number of nitro benzene ring substituents is 1. The van der Waals surface area contributed by atoms with Crippen molar-refractivity contribution in [2.75, 3.05) is 5.88 Å². The van der Waals surface area contributed by atoms with Crippen molar-refractivity contribution >= 4 is 17.3 Å². The van der Waals surface area contributed by atoms with Gasteiger partial charge in [0.15, 0.2) is 0 Å². The zero-order chi connectivity index (χ0) is 14.4. The van der Waals surface area contributed by atoms with Gasteiger partial charge in [-0.2, -0.15) is 0 Å². The Morgan fingerprint density at radius 1 is 1.10 bits per heavy atom. The molecular formula is C15H14ClNO3. The van der Waals surface area contributed by atoms with Crippen LogP contribution in [0.2, 0.25) is 0 Å². The number of halogens is 1. The first-order valence-corrected chi connectivity index (χ1v) is 6.76. The van der Waals surface area contributed by atoms with Crippen molar-refractivity contribution in [3.63, 3.8) is 0 Å². The highest BCUT2D eigenvalue weighted by atomic mass is 35.5. The first kappa shape index (κ1) is 14.3. The Balaban J connectivity index is 2.14. The fourth-order valence-corrected chi connectivity index (χ4v) is 2.07. The maximum Gasteiger partial charge on any atom is 0.269 e. The number of benzene rings is 2. The predicted octanol–water partition coefficient (Wildman–Crippen LogP) is 4.34. The third kappa shape index (κ3) is 3.71. The Labute approximate surface area is 122 Å². The van der Waals surface area contributed by atoms with Crippen LogP contribution in [-0.4, -0.2) is 10.8 Å². The topological polar surface area (TPSA) is 52.4 Å². The smallest absolute Gasteiger partial charge is 0.269 e. The summed E-state index contributed by atoms with van der Waals surface area (Å²) in [5.41, 5.74) is 1.08. The molecule has 0 aliphatic rings. The summed E-state index contributed by atoms with van der Waals surface area (Å²) in [7, 11) is 0. The van der Waals surface area contributed by atoms with E-state index in [0.29, 0.717) is 18.1 Å². The minimum atomic E-state index is -0.433. The molecule has 0 spiro atoms. The fourth-order valence-electron chi connectivity index (χ4n) is 1.87. The molecule has 0 saturated carbocycles. The Morgan fingerprint density at radius 2 is 1.75 bits per heavy atom. The second-order valence-electron chi connectivity index (χ2n) is 4.25. The Hall–Kier alpha value is -2.07. The summed E-state index contributed by atoms with van der Waals surface area (Å²) in [5.74, 6) is 1.07. The Morgan fingerprint density at radius 3 is 2.30 bits per heavy atom. The van der Waals surface area contributed by atoms with Crippen molar-refractivity contribution < 1.29 is 9.66 Å². The van der Waals surface area contributed by atoms with Gasteiger partial charge in [0.25, 0.3) is 5.69 Å². The number of nitrogens with zero attached hydrogens (tertiary/aromatic N) is 1. The monoisotopic (exact) mass is 291 g/mol. The molecule has 0 aliphatic carbocycles. The molecule has 2 aromatic rings. The molecule has 1 unspecified atom stereocenters. The summed E-state index contributed by atoms with van der Waals surface area (Å²) in [6, 6.07) is 15.8. The van der Waals surface area contributed by atoms with E-state index < -0.39 is 4.92 Å². The third-order valence-corrected chi connectivity index (χ3v) is 3.09. The van der Waals surface area contributed by atoms with Gasteiger partial charge in [-0.25, -0.2) is 0 Å². The molecular weight excluding hydrogens is 278 g/mol. The van der Waals surface area contributed by atoms with Crippen molar-refractivity contribution in [2.45, 2.75) is 12.5 Å². The molecule has 0 radical (unpaired) electrons. The first-order chi connectivity index (χ1) is 9.70. The van der Waals surface area contributed by atoms with Gasteiger partial charge in [0.2, 0.25) is 0 Å². The predicted molar refractivity (Wildman–Crippen MR) is 78.2 cm³/mol. The molecule has 0 bridgehead atoms. The minimum Gasteiger partial charge on any atom is -0.486 e. The zero-order valence-electron chi connectivity index (χ0n) is 10.7. The van der Waals surface area contributed by atoms with Gasteiger partial charge in [0, 0.05) is 24.4 Å². The van der Waals surface area contributed by atoms with Gasteiger partial charge in [-0.3, -0.25) is 10.1 Å². The maximum absolute atomic E-state index is 10.6. The molecule has 104 valence electrons. The number of ether oxygens (including phenoxy) is 1. The summed E-state index contributed by atoms with van der Waals surface area (Å²) in [6.07, 6.45) is 0.512. The maximum atomic E-state index is 10.6. The Bertz CT molecular complexity index is 557. The molecule has 1 atom stereocenters. The summed E-state index contributed by atoms with van der Waals surface area (Å²) in [5, 5.41) is 10.6. The molecule has 2 aromatic carbocycles. The van der Waals surface area contributed by atoms with Crippen LogP contribution in [0.1, 0.15) is 18.1 Å². The van der Waals surface area contributed by atoms with Crippen molar-refractivity contribution in [3.8, 4) is 5.75 Å². The van der Waals surface area contributed by atoms with E-state index in [1.165, 1.54) is 12.1 Å². The molecule has 0 fully saturated rings. The van der Waals surface area contributed by atoms with E-state index >= 15 is 0 Å². The number of hydrogen-bond donors (Lipinski definition) is 0. The molecule has 2 rings (SSSR count). The highest BCUT2D eigenvalue weighted by molar-refractivity contribution is 6.17. The summed E-state index contributed by atoms with van der Waals surface area (Å²) >= 11 is 5.81. The molecule has 0 saturated heterocycles. The van der Waals surface area contributed by atoms with Crippen molar-refractivity contribution in [1.29, 1.82) is 0 Å². The zero-order valence-corrected chi connectivity index (χ0v) is 11.5. The van der Waals surface area contributed by atoms with Crippen LogP contribution in [0.3, 0.4) is 0 Å². The number of hydrogen-bond acceptors (Lipinski definition) is 3. The van der Waals surface area contributed by atoms with Crippen LogP contribution in [0.15, 0.2) is 54.6 Å². The number of nitro groups is 1. The standard InChI is InChI=1S/C15H14ClNO3/c16-11-10-15(12-4-2-1-3-5-12)20-14-8-6-13(7-9-14)17(18)19/h1-9,15H,10-11H2. The van der Waals surface area contributed by atoms with Crippen LogP contribution in [0.25, 0.3) is 0 Å². The van der Waals surface area contributed by atoms with E-state index in [1.807, 2.05) is 30.3 Å². The SMILES string of the molecule is O=[N+]([O-])c1ccc(OC(CCCl)c2ccccc2)cc1. The van der Waals surface area contributed by atoms with Crippen LogP contribution >= 0.6 is 11.6 Å². The van der Waals surface area contributed by atoms with Crippen LogP contribution in [-0.2, 0) is 0 Å². The average molecular weight is 292 g/mol. The highest BCUT2D eigenvalue weighted by Crippen LogP contribution is 2.26. The van der Waals surface area contributed by atoms with E-state index in [9.17, 15) is 10.1 Å². The molecule has 0 amide bonds. The number of rotatable bonds is 6. The van der Waals surface area contributed by atoms with Crippen LogP contribution in [0.5, 0.6) is 5.75 Å². The largest absolute Gasteiger partial charge is 0.486 e. The van der Waals surface area contributed by atoms with Gasteiger partial charge in [0.05, 0.1) is 4.92 Å². The summed E-state index contributed by atoms with van der Waals surface area (Å²) in [6.45, 7) is 0. The van der Waals surface area contributed by atoms with Gasteiger partial charge >= 0.3 is 0 Å². The Kier molecular flexibility index (Phi) is 4.96. The van der Waals surface area contributed by atoms with Crippen LogP contribution < -0.4 is 4.74 Å². The van der Waals surface area contributed by atoms with E-state index in [-0.39, 0.29) is 11.8 Å². The lowest BCUT2D eigenvalue weighted by molar-refractivity contribution is -0.384. The second-order valence-corrected chi connectivity index (χ2v) is 4.62. The second kappa shape index (κ2) is 6.91. The minimum absolute atomic E-state index is 0.0472. The van der Waals surface area contributed by atoms with E-state index in [1.54, 1.807) is 12.1 Å². The molecule has 0 aliphatic heterocycles. The summed E-state index contributed by atoms with van der Waals surface area (Å²) < 4.78 is 5.87. The van der Waals surface area contributed by atoms with E-state index in [0.717, 1.165) is 5.56 Å². The average Bonchev–Trinajstić information content (AvgIpc) is 2.48. The van der Waals surface area contributed by atoms with E-state index in [2.05, 4.69) is 0 Å². The number of non-ortho nitro benzene ring substituents is 1. The lowest BCUT2D eigenvalue weighted by Gasteiger charge is -2.18. The van der Waals surface area contributed by atoms with Gasteiger partial charge in [-0.05, 0) is 17.7 Å². The van der Waals surface area contributed by atoms with Crippen molar-refractivity contribution in [3.05, 3.63) is 70.3 Å². The highest BCUT2D eigenvalue weighted by Gasteiger charge is 2.13. The van der Waals surface area contributed by atoms with Crippen molar-refractivity contribution in [1.82, 2.24) is 0 Å². The van der Waals surface area contributed by atoms with Crippen molar-refractivity contribution in [2.24, 2.45) is 0 Å². The quantitative estimate of drug-likeness (QED) is 0.452. The number of alkyl halides is 1. The van der Waals surface area contributed by atoms with Crippen LogP contribution in [0, 0.1) is 10.1 Å². The molecule has 0 aromatic heterocycles. The lowest BCUT2D eigenvalue weighted by Crippen LogP contribution is -2.08. The van der Waals surface area contributed by atoms with E-state index in [4.69, 9.17) is 16.3 Å². The lowest BCUT2D eigenvalue weighted by atomic mass is 10.1. The molecule has 5 heteroatoms. The first-order valence-electron chi connectivity index (χ1n) is 6.22. The fraction of sp³-hybridized carbons (Fsp3) is 0.200. The third-order valence-electron chi connectivity index (χ3n) is 2.87. The molecule has 0 heterocycles. The van der Waals surface area contributed by atoms with Gasteiger partial charge in [0.1, 0.15) is 11.9 Å². The molecule has 4 nitrogen and oxygen atoms in total. The summed E-state index contributed by atoms with van der Waals surface area (Å²) in [4.78, 5) is 10.2. The van der Waals surface area contributed by atoms with Gasteiger partial charge < -0.3 is 4.74 Å².